The summed E-state index contributed by atoms with van der Waals surface area (Å²) in [5, 5.41) is 11.7. The maximum absolute atomic E-state index is 10.2. The summed E-state index contributed by atoms with van der Waals surface area (Å²) >= 11 is 0. The van der Waals surface area contributed by atoms with E-state index in [2.05, 4.69) is 5.32 Å². The molecule has 0 aromatic heterocycles. The van der Waals surface area contributed by atoms with Gasteiger partial charge in [-0.3, -0.25) is 4.79 Å². The molecule has 0 amide bonds. The van der Waals surface area contributed by atoms with Crippen LogP contribution in [0.25, 0.3) is 0 Å². The van der Waals surface area contributed by atoms with Gasteiger partial charge in [-0.1, -0.05) is 0 Å². The van der Waals surface area contributed by atoms with E-state index in [4.69, 9.17) is 9.84 Å². The van der Waals surface area contributed by atoms with E-state index in [0.717, 1.165) is 19.4 Å². The Bertz CT molecular complexity index is 166. The number of carboxylic acid groups (broad SMARTS) is 1. The normalized spacial score (nSPS) is 26.8. The van der Waals surface area contributed by atoms with Gasteiger partial charge < -0.3 is 15.2 Å². The maximum atomic E-state index is 10.2. The van der Waals surface area contributed by atoms with E-state index in [1.165, 1.54) is 0 Å². The van der Waals surface area contributed by atoms with Crippen molar-refractivity contribution >= 4 is 5.97 Å². The van der Waals surface area contributed by atoms with Crippen molar-refractivity contribution < 1.29 is 14.6 Å². The quantitative estimate of drug-likeness (QED) is 0.598. The zero-order valence-corrected chi connectivity index (χ0v) is 7.95. The zero-order chi connectivity index (χ0) is 9.68. The lowest BCUT2D eigenvalue weighted by Crippen LogP contribution is -2.45. The van der Waals surface area contributed by atoms with E-state index in [1.54, 1.807) is 7.11 Å². The van der Waals surface area contributed by atoms with Crippen molar-refractivity contribution in [2.75, 3.05) is 13.7 Å². The number of carbonyl (C=O) groups is 1. The molecular weight excluding hydrogens is 170 g/mol. The van der Waals surface area contributed by atoms with Crippen LogP contribution in [0.5, 0.6) is 0 Å². The van der Waals surface area contributed by atoms with Gasteiger partial charge in [-0.2, -0.15) is 0 Å². The molecule has 0 heterocycles. The van der Waals surface area contributed by atoms with E-state index >= 15 is 0 Å². The largest absolute Gasteiger partial charge is 0.481 e. The lowest BCUT2D eigenvalue weighted by molar-refractivity contribution is -0.137. The number of rotatable bonds is 6. The van der Waals surface area contributed by atoms with E-state index in [0.29, 0.717) is 18.6 Å². The van der Waals surface area contributed by atoms with Crippen molar-refractivity contribution in [1.29, 1.82) is 0 Å². The van der Waals surface area contributed by atoms with Gasteiger partial charge in [0, 0.05) is 19.6 Å². The highest BCUT2D eigenvalue weighted by molar-refractivity contribution is 5.66. The number of hydrogen-bond donors (Lipinski definition) is 2. The Labute approximate surface area is 78.3 Å². The first-order valence-electron chi connectivity index (χ1n) is 4.70. The average Bonchev–Trinajstić information content (AvgIpc) is 2.00. The van der Waals surface area contributed by atoms with E-state index in [-0.39, 0.29) is 6.42 Å². The standard InChI is InChI=1S/C9H17NO3/c1-13-8-5-7(6-8)10-4-2-3-9(11)12/h7-8,10H,2-6H2,1H3,(H,11,12). The van der Waals surface area contributed by atoms with Gasteiger partial charge in [0.2, 0.25) is 0 Å². The predicted octanol–water partition coefficient (Wildman–Crippen LogP) is 0.618. The minimum atomic E-state index is -0.717. The molecule has 0 aromatic carbocycles. The molecule has 4 heteroatoms. The molecule has 1 aliphatic rings. The van der Waals surface area contributed by atoms with Gasteiger partial charge in [0.15, 0.2) is 0 Å². The molecular formula is C9H17NO3. The van der Waals surface area contributed by atoms with Gasteiger partial charge >= 0.3 is 5.97 Å². The molecule has 0 aromatic rings. The van der Waals surface area contributed by atoms with Crippen molar-refractivity contribution in [3.8, 4) is 0 Å². The summed E-state index contributed by atoms with van der Waals surface area (Å²) in [7, 11) is 1.73. The van der Waals surface area contributed by atoms with Gasteiger partial charge in [0.1, 0.15) is 0 Å². The lowest BCUT2D eigenvalue weighted by Gasteiger charge is -2.34. The number of nitrogens with one attached hydrogen (secondary N) is 1. The van der Waals surface area contributed by atoms with Gasteiger partial charge in [-0.15, -0.1) is 0 Å². The summed E-state index contributed by atoms with van der Waals surface area (Å²) in [6.07, 6.45) is 3.50. The number of methoxy groups -OCH3 is 1. The van der Waals surface area contributed by atoms with Crippen LogP contribution in [0.4, 0.5) is 0 Å². The minimum Gasteiger partial charge on any atom is -0.481 e. The summed E-state index contributed by atoms with van der Waals surface area (Å²) in [6, 6.07) is 0.541. The van der Waals surface area contributed by atoms with Crippen LogP contribution in [0, 0.1) is 0 Å². The molecule has 0 unspecified atom stereocenters. The summed E-state index contributed by atoms with van der Waals surface area (Å²) in [5.41, 5.74) is 0. The maximum Gasteiger partial charge on any atom is 0.303 e. The number of carboxylic acids is 1. The predicted molar refractivity (Wildman–Crippen MR) is 48.7 cm³/mol. The molecule has 0 atom stereocenters. The third-order valence-corrected chi connectivity index (χ3v) is 2.43. The monoisotopic (exact) mass is 187 g/mol. The Morgan fingerprint density at radius 1 is 1.62 bits per heavy atom. The number of aliphatic carboxylic acids is 1. The van der Waals surface area contributed by atoms with Crippen LogP contribution in [0.3, 0.4) is 0 Å². The Morgan fingerprint density at radius 2 is 2.31 bits per heavy atom. The van der Waals surface area contributed by atoms with Crippen LogP contribution in [0.1, 0.15) is 25.7 Å². The fraction of sp³-hybridized carbons (Fsp3) is 0.889. The molecule has 0 bridgehead atoms. The molecule has 1 saturated carbocycles. The van der Waals surface area contributed by atoms with E-state index in [9.17, 15) is 4.79 Å². The van der Waals surface area contributed by atoms with Gasteiger partial charge in [-0.25, -0.2) is 0 Å². The highest BCUT2D eigenvalue weighted by Gasteiger charge is 2.27. The lowest BCUT2D eigenvalue weighted by atomic mass is 9.89. The van der Waals surface area contributed by atoms with E-state index < -0.39 is 5.97 Å². The first kappa shape index (κ1) is 10.5. The third-order valence-electron chi connectivity index (χ3n) is 2.43. The molecule has 0 aliphatic heterocycles. The van der Waals surface area contributed by atoms with Gasteiger partial charge in [0.25, 0.3) is 0 Å². The second kappa shape index (κ2) is 5.19. The highest BCUT2D eigenvalue weighted by Crippen LogP contribution is 2.22. The van der Waals surface area contributed by atoms with E-state index in [1.807, 2.05) is 0 Å². The summed E-state index contributed by atoms with van der Waals surface area (Å²) in [6.45, 7) is 0.799. The molecule has 0 spiro atoms. The third kappa shape index (κ3) is 3.74. The van der Waals surface area contributed by atoms with Crippen molar-refractivity contribution in [3.05, 3.63) is 0 Å². The fourth-order valence-corrected chi connectivity index (χ4v) is 1.47. The number of ether oxygens (including phenoxy) is 1. The minimum absolute atomic E-state index is 0.257. The van der Waals surface area contributed by atoms with Crippen molar-refractivity contribution in [2.24, 2.45) is 0 Å². The van der Waals surface area contributed by atoms with Crippen molar-refractivity contribution in [3.63, 3.8) is 0 Å². The van der Waals surface area contributed by atoms with Crippen molar-refractivity contribution in [1.82, 2.24) is 5.32 Å². The Kier molecular flexibility index (Phi) is 4.18. The smallest absolute Gasteiger partial charge is 0.303 e. The molecule has 76 valence electrons. The molecule has 1 rings (SSSR count). The molecule has 2 N–H and O–H groups in total. The fourth-order valence-electron chi connectivity index (χ4n) is 1.47. The number of hydrogen-bond acceptors (Lipinski definition) is 3. The van der Waals surface area contributed by atoms with Gasteiger partial charge in [0.05, 0.1) is 6.10 Å². The molecule has 1 aliphatic carbocycles. The van der Waals surface area contributed by atoms with Crippen LogP contribution in [0.2, 0.25) is 0 Å². The molecule has 0 saturated heterocycles. The first-order chi connectivity index (χ1) is 6.22. The molecule has 0 radical (unpaired) electrons. The average molecular weight is 187 g/mol. The Balaban J connectivity index is 1.88. The Hall–Kier alpha value is -0.610. The van der Waals surface area contributed by atoms with Crippen LogP contribution >= 0.6 is 0 Å². The highest BCUT2D eigenvalue weighted by atomic mass is 16.5. The Morgan fingerprint density at radius 3 is 2.85 bits per heavy atom. The van der Waals surface area contributed by atoms with Crippen LogP contribution in [0.15, 0.2) is 0 Å². The summed E-state index contributed by atoms with van der Waals surface area (Å²) in [4.78, 5) is 10.2. The topological polar surface area (TPSA) is 58.6 Å². The van der Waals surface area contributed by atoms with Crippen LogP contribution < -0.4 is 5.32 Å². The van der Waals surface area contributed by atoms with Crippen LogP contribution in [-0.2, 0) is 9.53 Å². The van der Waals surface area contributed by atoms with Crippen LogP contribution in [-0.4, -0.2) is 36.9 Å². The first-order valence-corrected chi connectivity index (χ1v) is 4.70. The molecule has 4 nitrogen and oxygen atoms in total. The molecule has 1 fully saturated rings. The SMILES string of the molecule is COC1CC(NCCCC(=O)O)C1. The second-order valence-corrected chi connectivity index (χ2v) is 3.48. The van der Waals surface area contributed by atoms with Gasteiger partial charge in [-0.05, 0) is 25.8 Å². The summed E-state index contributed by atoms with van der Waals surface area (Å²) < 4.78 is 5.13. The zero-order valence-electron chi connectivity index (χ0n) is 7.95. The second-order valence-electron chi connectivity index (χ2n) is 3.48. The summed E-state index contributed by atoms with van der Waals surface area (Å²) in [5.74, 6) is -0.717. The van der Waals surface area contributed by atoms with Crippen molar-refractivity contribution in [2.45, 2.75) is 37.8 Å². The molecule has 13 heavy (non-hydrogen) atoms.